The van der Waals surface area contributed by atoms with Gasteiger partial charge in [0.05, 0.1) is 0 Å². The van der Waals surface area contributed by atoms with Crippen molar-refractivity contribution in [3.63, 3.8) is 0 Å². The predicted molar refractivity (Wildman–Crippen MR) is 87.6 cm³/mol. The summed E-state index contributed by atoms with van der Waals surface area (Å²) in [7, 11) is -1.58. The topological polar surface area (TPSA) is 9.23 Å². The Morgan fingerprint density at radius 2 is 1.37 bits per heavy atom. The maximum Gasteiger partial charge on any atom is 0.251 e. The first-order valence-electron chi connectivity index (χ1n) is 7.83. The SMILES string of the molecule is CCC[Si](CCC)(CCC)Oc1ccc(C)c(C)c1. The lowest BCUT2D eigenvalue weighted by Crippen LogP contribution is -2.41. The molecule has 0 aromatic heterocycles. The first kappa shape index (κ1) is 16.3. The largest absolute Gasteiger partial charge is 0.543 e. The zero-order valence-corrected chi connectivity index (χ0v) is 14.4. The van der Waals surface area contributed by atoms with Crippen molar-refractivity contribution in [1.29, 1.82) is 0 Å². The minimum absolute atomic E-state index is 1.10. The molecule has 1 rings (SSSR count). The molecular weight excluding hydrogens is 248 g/mol. The molecule has 0 saturated heterocycles. The summed E-state index contributed by atoms with van der Waals surface area (Å²) in [5.41, 5.74) is 2.69. The lowest BCUT2D eigenvalue weighted by Gasteiger charge is -2.32. The van der Waals surface area contributed by atoms with Crippen LogP contribution in [0.15, 0.2) is 18.2 Å². The fourth-order valence-electron chi connectivity index (χ4n) is 2.92. The molecule has 0 N–H and O–H groups in total. The fourth-order valence-corrected chi connectivity index (χ4v) is 7.34. The molecule has 0 aliphatic heterocycles. The Morgan fingerprint density at radius 1 is 0.842 bits per heavy atom. The van der Waals surface area contributed by atoms with E-state index in [1.54, 1.807) is 0 Å². The molecule has 0 radical (unpaired) electrons. The molecule has 0 saturated carbocycles. The highest BCUT2D eigenvalue weighted by atomic mass is 28.4. The lowest BCUT2D eigenvalue weighted by atomic mass is 10.1. The van der Waals surface area contributed by atoms with Crippen molar-refractivity contribution in [3.8, 4) is 5.75 Å². The summed E-state index contributed by atoms with van der Waals surface area (Å²) in [6, 6.07) is 10.4. The molecule has 0 spiro atoms. The highest BCUT2D eigenvalue weighted by Gasteiger charge is 2.34. The van der Waals surface area contributed by atoms with E-state index >= 15 is 0 Å². The molecule has 108 valence electrons. The van der Waals surface area contributed by atoms with Crippen LogP contribution < -0.4 is 4.43 Å². The third-order valence-corrected chi connectivity index (χ3v) is 8.83. The Hall–Kier alpha value is -0.763. The van der Waals surface area contributed by atoms with E-state index in [0.717, 1.165) is 5.75 Å². The average Bonchev–Trinajstić information content (AvgIpc) is 2.35. The molecule has 0 fully saturated rings. The van der Waals surface area contributed by atoms with Crippen LogP contribution in [0.25, 0.3) is 0 Å². The zero-order valence-electron chi connectivity index (χ0n) is 13.4. The Labute approximate surface area is 120 Å². The van der Waals surface area contributed by atoms with Crippen LogP contribution in [0.1, 0.15) is 51.2 Å². The minimum Gasteiger partial charge on any atom is -0.543 e. The number of rotatable bonds is 8. The number of aryl methyl sites for hydroxylation is 2. The Bertz CT molecular complexity index is 370. The van der Waals surface area contributed by atoms with E-state index in [4.69, 9.17) is 4.43 Å². The van der Waals surface area contributed by atoms with Crippen LogP contribution in [0.4, 0.5) is 0 Å². The molecule has 0 amide bonds. The quantitative estimate of drug-likeness (QED) is 0.541. The van der Waals surface area contributed by atoms with Crippen LogP contribution in [0.5, 0.6) is 5.75 Å². The molecule has 0 heterocycles. The van der Waals surface area contributed by atoms with Gasteiger partial charge < -0.3 is 4.43 Å². The molecule has 19 heavy (non-hydrogen) atoms. The predicted octanol–water partition coefficient (Wildman–Crippen LogP) is 5.86. The van der Waals surface area contributed by atoms with Crippen LogP contribution in [0, 0.1) is 13.8 Å². The fraction of sp³-hybridized carbons (Fsp3) is 0.647. The van der Waals surface area contributed by atoms with Crippen LogP contribution in [-0.2, 0) is 0 Å². The van der Waals surface area contributed by atoms with Gasteiger partial charge in [-0.15, -0.1) is 0 Å². The van der Waals surface area contributed by atoms with Gasteiger partial charge in [-0.05, 0) is 55.2 Å². The molecule has 0 unspecified atom stereocenters. The van der Waals surface area contributed by atoms with Crippen molar-refractivity contribution < 1.29 is 4.43 Å². The summed E-state index contributed by atoms with van der Waals surface area (Å²) in [6.07, 6.45) is 3.74. The normalized spacial score (nSPS) is 11.6. The monoisotopic (exact) mass is 278 g/mol. The summed E-state index contributed by atoms with van der Waals surface area (Å²) in [6.45, 7) is 11.2. The molecule has 0 bridgehead atoms. The van der Waals surface area contributed by atoms with Crippen molar-refractivity contribution in [1.82, 2.24) is 0 Å². The van der Waals surface area contributed by atoms with Gasteiger partial charge in [-0.25, -0.2) is 0 Å². The highest BCUT2D eigenvalue weighted by Crippen LogP contribution is 2.30. The number of hydrogen-bond acceptors (Lipinski definition) is 1. The van der Waals surface area contributed by atoms with Crippen molar-refractivity contribution in [2.45, 2.75) is 72.0 Å². The molecule has 1 aromatic carbocycles. The van der Waals surface area contributed by atoms with E-state index in [1.807, 2.05) is 0 Å². The number of hydrogen-bond donors (Lipinski definition) is 0. The second-order valence-electron chi connectivity index (χ2n) is 5.78. The van der Waals surface area contributed by atoms with Crippen molar-refractivity contribution in [3.05, 3.63) is 29.3 Å². The number of benzene rings is 1. The standard InChI is InChI=1S/C17H30OSi/c1-6-11-19(12-7-2,13-8-3)18-17-10-9-15(4)16(5)14-17/h9-10,14H,6-8,11-13H2,1-5H3. The van der Waals surface area contributed by atoms with Gasteiger partial charge in [0.2, 0.25) is 0 Å². The van der Waals surface area contributed by atoms with Gasteiger partial charge in [-0.1, -0.05) is 46.1 Å². The lowest BCUT2D eigenvalue weighted by molar-refractivity contribution is 0.518. The van der Waals surface area contributed by atoms with E-state index in [9.17, 15) is 0 Å². The van der Waals surface area contributed by atoms with Gasteiger partial charge in [0.15, 0.2) is 0 Å². The summed E-state index contributed by atoms with van der Waals surface area (Å²) < 4.78 is 6.60. The Balaban J connectivity index is 2.93. The molecule has 0 aliphatic rings. The van der Waals surface area contributed by atoms with Crippen LogP contribution in [0.3, 0.4) is 0 Å². The van der Waals surface area contributed by atoms with Gasteiger partial charge in [0.25, 0.3) is 8.32 Å². The first-order valence-corrected chi connectivity index (χ1v) is 10.4. The van der Waals surface area contributed by atoms with E-state index in [1.165, 1.54) is 48.5 Å². The Morgan fingerprint density at radius 3 is 1.79 bits per heavy atom. The second kappa shape index (κ2) is 7.74. The van der Waals surface area contributed by atoms with Gasteiger partial charge >= 0.3 is 0 Å². The van der Waals surface area contributed by atoms with Gasteiger partial charge in [-0.2, -0.15) is 0 Å². The maximum atomic E-state index is 6.60. The summed E-state index contributed by atoms with van der Waals surface area (Å²) in [5, 5.41) is 0. The molecule has 2 heteroatoms. The molecule has 0 aliphatic carbocycles. The third-order valence-electron chi connectivity index (χ3n) is 3.93. The first-order chi connectivity index (χ1) is 9.06. The summed E-state index contributed by atoms with van der Waals surface area (Å²) >= 11 is 0. The van der Waals surface area contributed by atoms with Crippen molar-refractivity contribution in [2.75, 3.05) is 0 Å². The molecular formula is C17H30OSi. The van der Waals surface area contributed by atoms with Crippen LogP contribution >= 0.6 is 0 Å². The maximum absolute atomic E-state index is 6.60. The second-order valence-corrected chi connectivity index (χ2v) is 9.85. The molecule has 1 nitrogen and oxygen atoms in total. The van der Waals surface area contributed by atoms with E-state index < -0.39 is 8.32 Å². The third kappa shape index (κ3) is 4.68. The van der Waals surface area contributed by atoms with Gasteiger partial charge in [0, 0.05) is 0 Å². The van der Waals surface area contributed by atoms with Crippen LogP contribution in [0.2, 0.25) is 18.1 Å². The zero-order chi connectivity index (χ0) is 14.3. The molecule has 1 aromatic rings. The summed E-state index contributed by atoms with van der Waals surface area (Å²) in [5.74, 6) is 1.10. The minimum atomic E-state index is -1.58. The van der Waals surface area contributed by atoms with Crippen molar-refractivity contribution >= 4 is 8.32 Å². The summed E-state index contributed by atoms with van der Waals surface area (Å²) in [4.78, 5) is 0. The highest BCUT2D eigenvalue weighted by molar-refractivity contribution is 6.74. The van der Waals surface area contributed by atoms with E-state index in [2.05, 4.69) is 52.8 Å². The smallest absolute Gasteiger partial charge is 0.251 e. The Kier molecular flexibility index (Phi) is 6.63. The van der Waals surface area contributed by atoms with E-state index in [0.29, 0.717) is 0 Å². The van der Waals surface area contributed by atoms with Crippen molar-refractivity contribution in [2.24, 2.45) is 0 Å². The van der Waals surface area contributed by atoms with Gasteiger partial charge in [-0.3, -0.25) is 0 Å². The molecule has 0 atom stereocenters. The van der Waals surface area contributed by atoms with E-state index in [-0.39, 0.29) is 0 Å². The average molecular weight is 279 g/mol. The van der Waals surface area contributed by atoms with Crippen LogP contribution in [-0.4, -0.2) is 8.32 Å². The van der Waals surface area contributed by atoms with Gasteiger partial charge in [0.1, 0.15) is 5.75 Å².